The average Bonchev–Trinajstić information content (AvgIpc) is 1.15. The smallest absolute Gasteiger partial charge is 0.306 e. The molecule has 0 spiro atoms. The third-order valence-electron chi connectivity index (χ3n) is 16.0. The Labute approximate surface area is 632 Å². The molecule has 10 rings (SSSR count). The number of nitro groups is 5. The number of β-amino-alcohol motifs (C(OH)–C–C–N with tert-alkyl or cyclic N) is 1. The number of tetrazole rings is 4. The monoisotopic (exact) mass is 1560 g/mol. The van der Waals surface area contributed by atoms with Gasteiger partial charge in [0.1, 0.15) is 60.9 Å². The summed E-state index contributed by atoms with van der Waals surface area (Å²) in [6, 6.07) is 20.3. The number of nitrogen functional groups attached to an aromatic ring is 1. The van der Waals surface area contributed by atoms with Gasteiger partial charge < -0.3 is 62.9 Å². The molecule has 0 radical (unpaired) electrons. The minimum absolute atomic E-state index is 0. The van der Waals surface area contributed by atoms with Crippen molar-refractivity contribution < 1.29 is 68.8 Å². The number of aliphatic hydroxyl groups excluding tert-OH is 6. The zero-order chi connectivity index (χ0) is 80.2. The van der Waals surface area contributed by atoms with Crippen LogP contribution in [0.3, 0.4) is 0 Å². The van der Waals surface area contributed by atoms with Crippen LogP contribution in [0, 0.1) is 62.2 Å². The number of nitrogens with two attached hydrogens (primary N) is 2. The second kappa shape index (κ2) is 50.4. The van der Waals surface area contributed by atoms with Gasteiger partial charge in [-0.1, -0.05) is 52.4 Å². The van der Waals surface area contributed by atoms with E-state index < -0.39 is 72.0 Å². The molecule has 0 aliphatic carbocycles. The summed E-state index contributed by atoms with van der Waals surface area (Å²) in [5.74, 6) is -1.76. The summed E-state index contributed by atoms with van der Waals surface area (Å²) in [7, 11) is 0. The zero-order valence-electron chi connectivity index (χ0n) is 59.5. The lowest BCUT2D eigenvalue weighted by atomic mass is 9.94. The molecule has 602 valence electrons. The first-order valence-electron chi connectivity index (χ1n) is 34.5. The number of unbranched alkanes of at least 4 members (excludes halogenated alkanes) is 12. The van der Waals surface area contributed by atoms with Gasteiger partial charge in [0.05, 0.1) is 66.1 Å². The Morgan fingerprint density at radius 2 is 0.802 bits per heavy atom. The minimum Gasteiger partial charge on any atom is -0.399 e. The molecule has 46 heteroatoms. The molecule has 1 fully saturated rings. The molecule has 1 saturated heterocycles. The van der Waals surface area contributed by atoms with Crippen molar-refractivity contribution in [2.24, 2.45) is 5.73 Å². The quantitative estimate of drug-likeness (QED) is 0.00727. The number of hydrogen-bond donors (Lipinski definition) is 11. The maximum absolute atomic E-state index is 13.0. The minimum atomic E-state index is -1.25. The van der Waals surface area contributed by atoms with Gasteiger partial charge in [0.2, 0.25) is 11.6 Å². The van der Waals surface area contributed by atoms with E-state index in [4.69, 9.17) is 21.7 Å². The van der Waals surface area contributed by atoms with Crippen LogP contribution < -0.4 is 27.4 Å². The van der Waals surface area contributed by atoms with Crippen molar-refractivity contribution in [3.63, 3.8) is 0 Å². The number of benzene rings is 5. The summed E-state index contributed by atoms with van der Waals surface area (Å²) < 4.78 is 30.8. The van der Waals surface area contributed by atoms with Crippen LogP contribution in [-0.2, 0) is 4.79 Å². The van der Waals surface area contributed by atoms with Gasteiger partial charge in [-0.3, -0.25) is 55.5 Å². The van der Waals surface area contributed by atoms with Gasteiger partial charge >= 0.3 is 11.4 Å². The van der Waals surface area contributed by atoms with E-state index in [1.807, 2.05) is 0 Å². The van der Waals surface area contributed by atoms with E-state index in [1.54, 1.807) is 41.3 Å². The fraction of sp³-hybridized carbons (Fsp3) is 0.462. The largest absolute Gasteiger partial charge is 0.399 e. The highest BCUT2D eigenvalue weighted by atomic mass is 19.1. The van der Waals surface area contributed by atoms with Crippen molar-refractivity contribution in [1.82, 2.24) is 85.7 Å². The van der Waals surface area contributed by atoms with Crippen LogP contribution in [0.5, 0.6) is 0 Å². The van der Waals surface area contributed by atoms with Crippen molar-refractivity contribution in [2.75, 3.05) is 80.8 Å². The van der Waals surface area contributed by atoms with Crippen molar-refractivity contribution >= 4 is 57.5 Å². The number of hydrogen-bond acceptors (Lipinski definition) is 35. The molecular formula is C65H91F2N27O17. The van der Waals surface area contributed by atoms with Crippen LogP contribution >= 0.6 is 0 Å². The first-order chi connectivity index (χ1) is 53.1. The molecule has 44 nitrogen and oxygen atoms in total. The van der Waals surface area contributed by atoms with Gasteiger partial charge in [0.25, 0.3) is 17.1 Å². The molecule has 4 atom stereocenters. The summed E-state index contributed by atoms with van der Waals surface area (Å²) in [4.78, 5) is 63.4. The number of rotatable bonds is 37. The summed E-state index contributed by atoms with van der Waals surface area (Å²) in [5, 5.41) is 162. The first kappa shape index (κ1) is 91.2. The third kappa shape index (κ3) is 31.1. The lowest BCUT2D eigenvalue weighted by molar-refractivity contribution is -0.387. The number of nitrogens with zero attached hydrogens (tertiary/aromatic N) is 22. The molecule has 0 amide bonds. The van der Waals surface area contributed by atoms with E-state index >= 15 is 0 Å². The number of piperidine rings is 1. The molecule has 0 unspecified atom stereocenters. The highest BCUT2D eigenvalue weighted by molar-refractivity contribution is 5.67. The second-order valence-electron chi connectivity index (χ2n) is 23.8. The van der Waals surface area contributed by atoms with Crippen LogP contribution in [0.25, 0.3) is 22.7 Å². The lowest BCUT2D eigenvalue weighted by Crippen LogP contribution is -2.62. The van der Waals surface area contributed by atoms with E-state index in [-0.39, 0.29) is 49.9 Å². The SMILES string of the molecule is C.NCCCCCCO.Nc1ccc(F)c([N+](=O)[O-])c1.O=CCCCCCNc1ccc(-n2cnnn2)cc1[N+](=O)[O-].O=[N+]([O-])c1cc(-n2cnnn2)ccc1F.O=[N+]([O-])c1cc(-n2cnnn2)ccc1NCCCCCCN1C[C@H](O)[C@@H](O)[C@H](O)[C@H]1CO.O=[N+]([O-])c1cc(-n2cnnn2)ccc1NCCCCCCO. The van der Waals surface area contributed by atoms with Crippen LogP contribution in [0.2, 0.25) is 0 Å². The number of carbonyl (C=O) groups is 1. The van der Waals surface area contributed by atoms with Gasteiger partial charge in [-0.05, 0) is 167 Å². The number of aldehydes is 1. The highest BCUT2D eigenvalue weighted by Gasteiger charge is 2.40. The molecule has 13 N–H and O–H groups in total. The van der Waals surface area contributed by atoms with Gasteiger partial charge in [0.15, 0.2) is 0 Å². The van der Waals surface area contributed by atoms with Crippen LogP contribution in [0.1, 0.15) is 110 Å². The molecule has 5 aromatic carbocycles. The summed E-state index contributed by atoms with van der Waals surface area (Å²) in [6.07, 6.45) is 17.2. The molecule has 0 saturated carbocycles. The van der Waals surface area contributed by atoms with Gasteiger partial charge in [0, 0.05) is 81.8 Å². The van der Waals surface area contributed by atoms with Gasteiger partial charge in [-0.15, -0.1) is 20.4 Å². The fourth-order valence-electron chi connectivity index (χ4n) is 10.3. The predicted molar refractivity (Wildman–Crippen MR) is 396 cm³/mol. The number of nitro benzene ring substituents is 5. The van der Waals surface area contributed by atoms with Crippen LogP contribution in [0.15, 0.2) is 116 Å². The molecule has 4 aromatic heterocycles. The van der Waals surface area contributed by atoms with Crippen LogP contribution in [-0.4, -0.2) is 231 Å². The Bertz CT molecular complexity index is 4190. The Morgan fingerprint density at radius 1 is 0.459 bits per heavy atom. The summed E-state index contributed by atoms with van der Waals surface area (Å²) in [5.41, 5.74) is 12.6. The maximum Gasteiger partial charge on any atom is 0.306 e. The van der Waals surface area contributed by atoms with E-state index in [0.29, 0.717) is 79.0 Å². The Balaban J connectivity index is 0.000000295. The molecule has 111 heavy (non-hydrogen) atoms. The molecule has 9 aromatic rings. The van der Waals surface area contributed by atoms with E-state index in [2.05, 4.69) is 78.1 Å². The van der Waals surface area contributed by atoms with E-state index in [0.717, 1.165) is 133 Å². The number of halogens is 2. The second-order valence-corrected chi connectivity index (χ2v) is 23.8. The lowest BCUT2D eigenvalue weighted by Gasteiger charge is -2.43. The van der Waals surface area contributed by atoms with Crippen molar-refractivity contribution in [3.05, 3.63) is 179 Å². The molecule has 0 bridgehead atoms. The molecule has 5 heterocycles. The summed E-state index contributed by atoms with van der Waals surface area (Å²) in [6.45, 7) is 3.64. The van der Waals surface area contributed by atoms with E-state index in [1.165, 1.54) is 74.4 Å². The average molecular weight is 1560 g/mol. The number of carbonyl (C=O) groups excluding carboxylic acids is 1. The van der Waals surface area contributed by atoms with Crippen molar-refractivity contribution in [2.45, 2.75) is 135 Å². The zero-order valence-corrected chi connectivity index (χ0v) is 59.5. The third-order valence-corrected chi connectivity index (χ3v) is 16.0. The topological polar surface area (TPSA) is 620 Å². The number of anilines is 4. The number of aliphatic hydroxyl groups is 6. The number of likely N-dealkylation sites (tertiary alicyclic amines) is 1. The Morgan fingerprint density at radius 3 is 1.14 bits per heavy atom. The molecular weight excluding hydrogens is 1470 g/mol. The fourth-order valence-corrected chi connectivity index (χ4v) is 10.3. The van der Waals surface area contributed by atoms with Crippen LogP contribution in [0.4, 0.5) is 60.0 Å². The standard InChI is InChI=1S/C19H29N7O6.C13H18N6O3.C13H16N6O3.C7H4FN5O2.C6H5FN2O2.C6H15NO.CH4/c27-11-16-18(29)19(30)17(28)10-24(16)8-4-2-1-3-7-20-14-6-5-13(9-15(14)26(31)32)25-12-21-22-23-25;2*20-8-4-2-1-3-7-14-12-6-5-11(9-13(12)19(21)22)18-10-15-16-17-18;8-6-2-1-5(3-7(6)13(14)15)12-4-9-10-11-12;7-5-2-1-4(8)3-6(5)9(10)11;7-5-3-1-2-4-6-8;/h5-6,9,12,16-20,27-30H,1-4,7-8,10-11H2;5-6,9-10,14,20H,1-4,7-8H2;5-6,8-10,14H,1-4,7H2;1-4H;1-3H,8H2;8H,1-7H2;1H4/t16-,17+,18-,19-;;;;;;/m1....../s1. The maximum atomic E-state index is 13.0. The highest BCUT2D eigenvalue weighted by Crippen LogP contribution is 2.31. The number of nitrogens with one attached hydrogen (secondary N) is 3. The number of aromatic nitrogens is 16. The Kier molecular flexibility index (Phi) is 41.4. The molecule has 1 aliphatic heterocycles. The summed E-state index contributed by atoms with van der Waals surface area (Å²) >= 11 is 0. The molecule has 1 aliphatic rings. The van der Waals surface area contributed by atoms with Crippen molar-refractivity contribution in [3.8, 4) is 22.7 Å². The predicted octanol–water partition coefficient (Wildman–Crippen LogP) is 5.74. The van der Waals surface area contributed by atoms with Gasteiger partial charge in [-0.25, -0.2) is 18.7 Å². The van der Waals surface area contributed by atoms with Crippen molar-refractivity contribution in [1.29, 1.82) is 0 Å². The van der Waals surface area contributed by atoms with E-state index in [9.17, 15) is 84.6 Å². The van der Waals surface area contributed by atoms with Gasteiger partial charge in [-0.2, -0.15) is 8.78 Å². The first-order valence-corrected chi connectivity index (χ1v) is 34.5. The Hall–Kier alpha value is -12.2. The normalized spacial score (nSPS) is 14.1.